The lowest BCUT2D eigenvalue weighted by molar-refractivity contribution is 0.0903. The Balaban J connectivity index is 2.82. The van der Waals surface area contributed by atoms with Gasteiger partial charge in [0.05, 0.1) is 0 Å². The highest BCUT2D eigenvalue weighted by molar-refractivity contribution is 9.10. The lowest BCUT2D eigenvalue weighted by atomic mass is 10.0. The summed E-state index contributed by atoms with van der Waals surface area (Å²) in [4.78, 5) is 11.9. The number of nitrogens with one attached hydrogen (secondary N) is 1. The number of aromatic nitrogens is 1. The fourth-order valence-electron chi connectivity index (χ4n) is 1.21. The normalized spacial score (nSPS) is 11.5. The molecule has 1 aromatic rings. The second-order valence-electron chi connectivity index (χ2n) is 4.35. The average Bonchev–Trinajstić information content (AvgIpc) is 2.45. The van der Waals surface area contributed by atoms with Gasteiger partial charge in [0, 0.05) is 23.3 Å². The van der Waals surface area contributed by atoms with Crippen molar-refractivity contribution >= 4 is 21.8 Å². The maximum atomic E-state index is 11.9. The molecule has 1 aromatic heterocycles. The third-order valence-corrected chi connectivity index (χ3v) is 2.97. The summed E-state index contributed by atoms with van der Waals surface area (Å²) in [5, 5.41) is 3.00. The Morgan fingerprint density at radius 2 is 2.20 bits per heavy atom. The first-order chi connectivity index (χ1) is 6.85. The van der Waals surface area contributed by atoms with Gasteiger partial charge in [0.2, 0.25) is 0 Å². The van der Waals surface area contributed by atoms with Crippen LogP contribution in [0.4, 0.5) is 0 Å². The molecule has 0 radical (unpaired) electrons. The number of rotatable bonds is 3. The van der Waals surface area contributed by atoms with E-state index < -0.39 is 0 Å². The Kier molecular flexibility index (Phi) is 3.60. The summed E-state index contributed by atoms with van der Waals surface area (Å²) in [7, 11) is 1.86. The van der Waals surface area contributed by atoms with Crippen molar-refractivity contribution in [2.75, 3.05) is 0 Å². The quantitative estimate of drug-likeness (QED) is 0.902. The molecular weight excluding hydrogens is 256 g/mol. The number of carbonyl (C=O) groups excluding carboxylic acids is 1. The van der Waals surface area contributed by atoms with Gasteiger partial charge in [0.1, 0.15) is 5.69 Å². The first kappa shape index (κ1) is 12.3. The number of aryl methyl sites for hydroxylation is 1. The Hall–Kier alpha value is -0.770. The van der Waals surface area contributed by atoms with E-state index in [1.165, 1.54) is 0 Å². The van der Waals surface area contributed by atoms with Crippen molar-refractivity contribution in [2.45, 2.75) is 32.7 Å². The maximum Gasteiger partial charge on any atom is 0.268 e. The van der Waals surface area contributed by atoms with Crippen LogP contribution in [0.15, 0.2) is 16.7 Å². The van der Waals surface area contributed by atoms with Crippen LogP contribution in [0.25, 0.3) is 0 Å². The molecule has 0 fully saturated rings. The predicted octanol–water partition coefficient (Wildman–Crippen LogP) is 2.71. The zero-order valence-electron chi connectivity index (χ0n) is 9.60. The minimum atomic E-state index is -0.159. The molecule has 1 rings (SSSR count). The van der Waals surface area contributed by atoms with Crippen molar-refractivity contribution in [1.82, 2.24) is 9.88 Å². The zero-order chi connectivity index (χ0) is 11.6. The van der Waals surface area contributed by atoms with Crippen LogP contribution in [0.1, 0.15) is 37.7 Å². The second-order valence-corrected chi connectivity index (χ2v) is 5.26. The molecule has 1 amide bonds. The van der Waals surface area contributed by atoms with Gasteiger partial charge in [-0.05, 0) is 42.3 Å². The first-order valence-electron chi connectivity index (χ1n) is 5.00. The smallest absolute Gasteiger partial charge is 0.268 e. The monoisotopic (exact) mass is 272 g/mol. The molecule has 15 heavy (non-hydrogen) atoms. The molecule has 0 atom stereocenters. The van der Waals surface area contributed by atoms with E-state index in [-0.39, 0.29) is 11.4 Å². The Labute approximate surface area is 99.0 Å². The minimum Gasteiger partial charge on any atom is -0.346 e. The standard InChI is InChI=1S/C11H17BrN2O/c1-5-11(2,3)13-10(15)9-6-8(12)7-14(9)4/h6-7H,5H2,1-4H3,(H,13,15). The zero-order valence-corrected chi connectivity index (χ0v) is 11.2. The van der Waals surface area contributed by atoms with E-state index in [9.17, 15) is 4.79 Å². The number of hydrogen-bond acceptors (Lipinski definition) is 1. The highest BCUT2D eigenvalue weighted by Gasteiger charge is 2.20. The Morgan fingerprint density at radius 1 is 1.60 bits per heavy atom. The molecule has 1 heterocycles. The largest absolute Gasteiger partial charge is 0.346 e. The second kappa shape index (κ2) is 4.39. The molecule has 0 spiro atoms. The van der Waals surface area contributed by atoms with Crippen LogP contribution in [-0.4, -0.2) is 16.0 Å². The number of halogens is 1. The van der Waals surface area contributed by atoms with Gasteiger partial charge >= 0.3 is 0 Å². The van der Waals surface area contributed by atoms with Gasteiger partial charge in [-0.25, -0.2) is 0 Å². The summed E-state index contributed by atoms with van der Waals surface area (Å²) in [6, 6.07) is 1.82. The number of amides is 1. The SMILES string of the molecule is CCC(C)(C)NC(=O)c1cc(Br)cn1C. The van der Waals surface area contributed by atoms with Crippen LogP contribution in [0.3, 0.4) is 0 Å². The lowest BCUT2D eigenvalue weighted by Crippen LogP contribution is -2.43. The summed E-state index contributed by atoms with van der Waals surface area (Å²) in [5.41, 5.74) is 0.511. The maximum absolute atomic E-state index is 11.9. The van der Waals surface area contributed by atoms with Gasteiger partial charge < -0.3 is 9.88 Å². The molecule has 0 aliphatic heterocycles. The van der Waals surface area contributed by atoms with E-state index in [2.05, 4.69) is 28.2 Å². The summed E-state index contributed by atoms with van der Waals surface area (Å²) in [5.74, 6) is -0.0324. The van der Waals surface area contributed by atoms with Crippen LogP contribution in [0.2, 0.25) is 0 Å². The predicted molar refractivity (Wildman–Crippen MR) is 64.9 cm³/mol. The van der Waals surface area contributed by atoms with Gasteiger partial charge in [-0.3, -0.25) is 4.79 Å². The Morgan fingerprint density at radius 3 is 2.60 bits per heavy atom. The van der Waals surface area contributed by atoms with E-state index in [1.807, 2.05) is 37.7 Å². The number of hydrogen-bond donors (Lipinski definition) is 1. The molecule has 3 nitrogen and oxygen atoms in total. The van der Waals surface area contributed by atoms with Crippen LogP contribution in [0, 0.1) is 0 Å². The van der Waals surface area contributed by atoms with Crippen molar-refractivity contribution < 1.29 is 4.79 Å². The molecule has 0 bridgehead atoms. The molecule has 0 aliphatic rings. The highest BCUT2D eigenvalue weighted by Crippen LogP contribution is 2.15. The molecule has 0 unspecified atom stereocenters. The molecule has 0 saturated carbocycles. The van der Waals surface area contributed by atoms with E-state index in [0.717, 1.165) is 10.9 Å². The molecule has 0 saturated heterocycles. The fraction of sp³-hybridized carbons (Fsp3) is 0.545. The van der Waals surface area contributed by atoms with Crippen LogP contribution in [-0.2, 0) is 7.05 Å². The van der Waals surface area contributed by atoms with Crippen molar-refractivity contribution in [2.24, 2.45) is 7.05 Å². The average molecular weight is 273 g/mol. The molecular formula is C11H17BrN2O. The van der Waals surface area contributed by atoms with E-state index in [0.29, 0.717) is 5.69 Å². The molecule has 84 valence electrons. The van der Waals surface area contributed by atoms with Crippen LogP contribution >= 0.6 is 15.9 Å². The number of nitrogens with zero attached hydrogens (tertiary/aromatic N) is 1. The number of carbonyl (C=O) groups is 1. The van der Waals surface area contributed by atoms with E-state index >= 15 is 0 Å². The van der Waals surface area contributed by atoms with Gasteiger partial charge in [-0.2, -0.15) is 0 Å². The summed E-state index contributed by atoms with van der Waals surface area (Å²) < 4.78 is 2.73. The molecule has 0 aromatic carbocycles. The summed E-state index contributed by atoms with van der Waals surface area (Å²) in [6.45, 7) is 6.09. The van der Waals surface area contributed by atoms with Gasteiger partial charge in [-0.1, -0.05) is 6.92 Å². The van der Waals surface area contributed by atoms with E-state index in [4.69, 9.17) is 0 Å². The van der Waals surface area contributed by atoms with Gasteiger partial charge in [-0.15, -0.1) is 0 Å². The van der Waals surface area contributed by atoms with Crippen molar-refractivity contribution in [3.63, 3.8) is 0 Å². The topological polar surface area (TPSA) is 34.0 Å². The van der Waals surface area contributed by atoms with Crippen molar-refractivity contribution in [3.8, 4) is 0 Å². The van der Waals surface area contributed by atoms with Crippen LogP contribution < -0.4 is 5.32 Å². The summed E-state index contributed by atoms with van der Waals surface area (Å²) >= 11 is 3.35. The summed E-state index contributed by atoms with van der Waals surface area (Å²) in [6.07, 6.45) is 2.78. The van der Waals surface area contributed by atoms with Crippen molar-refractivity contribution in [1.29, 1.82) is 0 Å². The molecule has 4 heteroatoms. The molecule has 0 aliphatic carbocycles. The molecule has 1 N–H and O–H groups in total. The Bertz CT molecular complexity index is 369. The van der Waals surface area contributed by atoms with E-state index in [1.54, 1.807) is 0 Å². The highest BCUT2D eigenvalue weighted by atomic mass is 79.9. The van der Waals surface area contributed by atoms with Crippen LogP contribution in [0.5, 0.6) is 0 Å². The first-order valence-corrected chi connectivity index (χ1v) is 5.79. The fourth-order valence-corrected chi connectivity index (χ4v) is 1.73. The third-order valence-electron chi connectivity index (χ3n) is 2.54. The third kappa shape index (κ3) is 3.09. The minimum absolute atomic E-state index is 0.0324. The lowest BCUT2D eigenvalue weighted by Gasteiger charge is -2.24. The van der Waals surface area contributed by atoms with Crippen molar-refractivity contribution in [3.05, 3.63) is 22.4 Å². The van der Waals surface area contributed by atoms with Gasteiger partial charge in [0.25, 0.3) is 5.91 Å². The van der Waals surface area contributed by atoms with Gasteiger partial charge in [0.15, 0.2) is 0 Å².